The first-order chi connectivity index (χ1) is 15.0. The monoisotopic (exact) mass is 437 g/mol. The van der Waals surface area contributed by atoms with Gasteiger partial charge < -0.3 is 10.6 Å². The number of halogens is 2. The standard InChI is InChI=1S/C23H21ClFN5O/c1-15-4-2-3-5-17(15)22-23(30-11-10-26-14-20(30)29-22)27-9-8-21(31)28-13-16-6-7-19(25)18(24)12-16/h2-7,10-12,14,27H,8-9,13H2,1H3,(H,28,31). The number of anilines is 1. The molecule has 0 aliphatic rings. The second-order valence-corrected chi connectivity index (χ2v) is 7.54. The maximum atomic E-state index is 13.3. The predicted octanol–water partition coefficient (Wildman–Crippen LogP) is 4.62. The highest BCUT2D eigenvalue weighted by molar-refractivity contribution is 6.30. The van der Waals surface area contributed by atoms with Gasteiger partial charge in [-0.05, 0) is 30.2 Å². The van der Waals surface area contributed by atoms with Crippen molar-refractivity contribution < 1.29 is 9.18 Å². The number of hydrogen-bond acceptors (Lipinski definition) is 4. The highest BCUT2D eigenvalue weighted by atomic mass is 35.5. The zero-order chi connectivity index (χ0) is 21.8. The van der Waals surface area contributed by atoms with Crippen LogP contribution in [0.3, 0.4) is 0 Å². The molecule has 31 heavy (non-hydrogen) atoms. The fourth-order valence-electron chi connectivity index (χ4n) is 3.34. The lowest BCUT2D eigenvalue weighted by Gasteiger charge is -2.11. The third-order valence-electron chi connectivity index (χ3n) is 4.95. The first-order valence-corrected chi connectivity index (χ1v) is 10.2. The van der Waals surface area contributed by atoms with Crippen molar-refractivity contribution in [2.24, 2.45) is 0 Å². The minimum Gasteiger partial charge on any atom is -0.369 e. The number of nitrogens with one attached hydrogen (secondary N) is 2. The molecule has 2 aromatic carbocycles. The molecule has 0 radical (unpaired) electrons. The Bertz CT molecular complexity index is 1240. The largest absolute Gasteiger partial charge is 0.369 e. The van der Waals surface area contributed by atoms with E-state index in [9.17, 15) is 9.18 Å². The molecule has 0 unspecified atom stereocenters. The Kier molecular flexibility index (Phi) is 6.13. The van der Waals surface area contributed by atoms with Crippen LogP contribution in [0, 0.1) is 12.7 Å². The first-order valence-electron chi connectivity index (χ1n) is 9.85. The molecule has 0 atom stereocenters. The number of rotatable bonds is 7. The topological polar surface area (TPSA) is 71.3 Å². The molecule has 4 rings (SSSR count). The van der Waals surface area contributed by atoms with E-state index in [0.717, 1.165) is 33.8 Å². The predicted molar refractivity (Wildman–Crippen MR) is 120 cm³/mol. The van der Waals surface area contributed by atoms with E-state index >= 15 is 0 Å². The molecule has 0 fully saturated rings. The summed E-state index contributed by atoms with van der Waals surface area (Å²) >= 11 is 5.78. The SMILES string of the molecule is Cc1ccccc1-c1nc2cnccn2c1NCCC(=O)NCc1ccc(F)c(Cl)c1. The van der Waals surface area contributed by atoms with Gasteiger partial charge in [0.15, 0.2) is 5.65 Å². The summed E-state index contributed by atoms with van der Waals surface area (Å²) in [6.07, 6.45) is 5.50. The molecule has 0 saturated heterocycles. The molecule has 2 N–H and O–H groups in total. The molecule has 2 aromatic heterocycles. The van der Waals surface area contributed by atoms with Gasteiger partial charge in [-0.3, -0.25) is 14.2 Å². The Balaban J connectivity index is 1.44. The lowest BCUT2D eigenvalue weighted by molar-refractivity contribution is -0.121. The summed E-state index contributed by atoms with van der Waals surface area (Å²) in [6, 6.07) is 12.4. The third kappa shape index (κ3) is 4.67. The molecule has 158 valence electrons. The number of carbonyl (C=O) groups is 1. The number of hydrogen-bond donors (Lipinski definition) is 2. The smallest absolute Gasteiger partial charge is 0.222 e. The molecular weight excluding hydrogens is 417 g/mol. The summed E-state index contributed by atoms with van der Waals surface area (Å²) in [7, 11) is 0. The van der Waals surface area contributed by atoms with Crippen LogP contribution in [0.5, 0.6) is 0 Å². The van der Waals surface area contributed by atoms with Crippen LogP contribution in [0.15, 0.2) is 61.1 Å². The zero-order valence-electron chi connectivity index (χ0n) is 16.9. The van der Waals surface area contributed by atoms with Crippen LogP contribution in [0.1, 0.15) is 17.5 Å². The van der Waals surface area contributed by atoms with Crippen molar-refractivity contribution in [3.8, 4) is 11.3 Å². The molecule has 0 aliphatic heterocycles. The van der Waals surface area contributed by atoms with E-state index in [1.807, 2.05) is 41.8 Å². The number of fused-ring (bicyclic) bond motifs is 1. The van der Waals surface area contributed by atoms with Gasteiger partial charge in [-0.15, -0.1) is 0 Å². The molecule has 0 aliphatic carbocycles. The van der Waals surface area contributed by atoms with E-state index in [2.05, 4.69) is 15.6 Å². The van der Waals surface area contributed by atoms with Crippen molar-refractivity contribution in [1.29, 1.82) is 0 Å². The third-order valence-corrected chi connectivity index (χ3v) is 5.24. The van der Waals surface area contributed by atoms with Crippen molar-refractivity contribution >= 4 is 29.0 Å². The molecule has 0 saturated carbocycles. The minimum absolute atomic E-state index is 0.0410. The second kappa shape index (κ2) is 9.14. The van der Waals surface area contributed by atoms with Crippen LogP contribution in [0.25, 0.3) is 16.9 Å². The number of aromatic nitrogens is 3. The molecule has 0 bridgehead atoms. The Morgan fingerprint density at radius 1 is 1.23 bits per heavy atom. The molecule has 1 amide bonds. The molecule has 4 aromatic rings. The summed E-state index contributed by atoms with van der Waals surface area (Å²) in [5.41, 5.74) is 4.40. The normalized spacial score (nSPS) is 10.9. The Hall–Kier alpha value is -3.45. The van der Waals surface area contributed by atoms with Crippen LogP contribution in [-0.2, 0) is 11.3 Å². The van der Waals surface area contributed by atoms with Gasteiger partial charge in [0.1, 0.15) is 17.3 Å². The van der Waals surface area contributed by atoms with Crippen molar-refractivity contribution in [1.82, 2.24) is 19.7 Å². The van der Waals surface area contributed by atoms with E-state index < -0.39 is 5.82 Å². The average Bonchev–Trinajstić information content (AvgIpc) is 3.13. The number of imidazole rings is 1. The minimum atomic E-state index is -0.478. The highest BCUT2D eigenvalue weighted by Gasteiger charge is 2.15. The van der Waals surface area contributed by atoms with Crippen molar-refractivity contribution in [3.05, 3.63) is 83.0 Å². The Morgan fingerprint density at radius 3 is 2.87 bits per heavy atom. The second-order valence-electron chi connectivity index (χ2n) is 7.13. The van der Waals surface area contributed by atoms with Crippen LogP contribution < -0.4 is 10.6 Å². The molecule has 8 heteroatoms. The van der Waals surface area contributed by atoms with Gasteiger partial charge in [-0.1, -0.05) is 41.9 Å². The summed E-state index contributed by atoms with van der Waals surface area (Å²) in [5, 5.41) is 6.22. The van der Waals surface area contributed by atoms with E-state index in [-0.39, 0.29) is 23.9 Å². The summed E-state index contributed by atoms with van der Waals surface area (Å²) in [5.74, 6) is 0.208. The zero-order valence-corrected chi connectivity index (χ0v) is 17.7. The number of nitrogens with zero attached hydrogens (tertiary/aromatic N) is 3. The van der Waals surface area contributed by atoms with Gasteiger partial charge in [0.05, 0.1) is 11.2 Å². The van der Waals surface area contributed by atoms with Crippen LogP contribution in [-0.4, -0.2) is 26.8 Å². The maximum Gasteiger partial charge on any atom is 0.222 e. The van der Waals surface area contributed by atoms with Crippen LogP contribution in [0.4, 0.5) is 10.2 Å². The van der Waals surface area contributed by atoms with E-state index in [1.54, 1.807) is 18.5 Å². The lowest BCUT2D eigenvalue weighted by atomic mass is 10.1. The lowest BCUT2D eigenvalue weighted by Crippen LogP contribution is -2.25. The van der Waals surface area contributed by atoms with Crippen molar-refractivity contribution in [2.45, 2.75) is 19.9 Å². The molecular formula is C23H21ClFN5O. The van der Waals surface area contributed by atoms with Gasteiger partial charge in [-0.25, -0.2) is 9.37 Å². The first kappa shape index (κ1) is 20.8. The molecule has 6 nitrogen and oxygen atoms in total. The van der Waals surface area contributed by atoms with Gasteiger partial charge in [0, 0.05) is 37.5 Å². The number of carbonyl (C=O) groups excluding carboxylic acids is 1. The summed E-state index contributed by atoms with van der Waals surface area (Å²) in [4.78, 5) is 21.2. The van der Waals surface area contributed by atoms with E-state index in [0.29, 0.717) is 6.54 Å². The Labute approximate surface area is 184 Å². The van der Waals surface area contributed by atoms with E-state index in [1.165, 1.54) is 12.1 Å². The Morgan fingerprint density at radius 2 is 2.06 bits per heavy atom. The van der Waals surface area contributed by atoms with Gasteiger partial charge in [-0.2, -0.15) is 0 Å². The van der Waals surface area contributed by atoms with Crippen LogP contribution >= 0.6 is 11.6 Å². The molecule has 2 heterocycles. The summed E-state index contributed by atoms with van der Waals surface area (Å²) in [6.45, 7) is 2.75. The highest BCUT2D eigenvalue weighted by Crippen LogP contribution is 2.30. The number of benzene rings is 2. The molecule has 0 spiro atoms. The average molecular weight is 438 g/mol. The van der Waals surface area contributed by atoms with Crippen molar-refractivity contribution in [3.63, 3.8) is 0 Å². The van der Waals surface area contributed by atoms with Gasteiger partial charge >= 0.3 is 0 Å². The fraction of sp³-hybridized carbons (Fsp3) is 0.174. The number of aryl methyl sites for hydroxylation is 1. The number of amides is 1. The fourth-order valence-corrected chi connectivity index (χ4v) is 3.54. The van der Waals surface area contributed by atoms with E-state index in [4.69, 9.17) is 16.6 Å². The van der Waals surface area contributed by atoms with Gasteiger partial charge in [0.25, 0.3) is 0 Å². The van der Waals surface area contributed by atoms with Gasteiger partial charge in [0.2, 0.25) is 5.91 Å². The quantitative estimate of drug-likeness (QED) is 0.442. The summed E-state index contributed by atoms with van der Waals surface area (Å²) < 4.78 is 15.2. The van der Waals surface area contributed by atoms with Crippen LogP contribution in [0.2, 0.25) is 5.02 Å². The maximum absolute atomic E-state index is 13.3. The van der Waals surface area contributed by atoms with Crippen molar-refractivity contribution in [2.75, 3.05) is 11.9 Å².